The average molecular weight is 649 g/mol. The Morgan fingerprint density at radius 1 is 1.08 bits per heavy atom. The van der Waals surface area contributed by atoms with E-state index in [4.69, 9.17) is 24.6 Å². The Bertz CT molecular complexity index is 1820. The summed E-state index contributed by atoms with van der Waals surface area (Å²) >= 11 is 0. The molecular weight excluding hydrogens is 612 g/mol. The van der Waals surface area contributed by atoms with E-state index < -0.39 is 0 Å². The number of rotatable bonds is 13. The maximum Gasteiger partial charge on any atom is 0.256 e. The van der Waals surface area contributed by atoms with E-state index in [2.05, 4.69) is 54.0 Å². The molecule has 0 radical (unpaired) electrons. The van der Waals surface area contributed by atoms with Crippen LogP contribution in [0.4, 0.5) is 11.6 Å². The van der Waals surface area contributed by atoms with E-state index in [0.717, 1.165) is 55.6 Å². The van der Waals surface area contributed by atoms with E-state index >= 15 is 0 Å². The normalized spacial score (nSPS) is 20.4. The standard InChI is InChI=1S/C33H36N12O3/c1-22(17-43-21-38-41-42-43)48-31-12-23(4-5-24(31)14-35)25-15-36-33(37-16-25)39-30-19-45(40-32(30)46-11-3-2-10-34)27-8-6-26(7-9-27)44-18-29-13-28(44)20-47-29/h4-5,12,15-16,18-19,21-22,26-28H,2-3,6-9,11,13,17,20H2,1H3,(H,36,37,39)/t22-,26-,27-,28+/m0/s1. The molecule has 4 aromatic rings. The van der Waals surface area contributed by atoms with Crippen molar-refractivity contribution in [3.8, 4) is 34.9 Å². The van der Waals surface area contributed by atoms with Crippen molar-refractivity contribution >= 4 is 11.6 Å². The minimum Gasteiger partial charge on any atom is -0.494 e. The number of nitrogens with one attached hydrogen (secondary N) is 1. The van der Waals surface area contributed by atoms with Crippen molar-refractivity contribution in [2.45, 2.75) is 82.6 Å². The third-order valence-electron chi connectivity index (χ3n) is 8.94. The van der Waals surface area contributed by atoms with Crippen molar-refractivity contribution in [1.29, 1.82) is 10.5 Å². The van der Waals surface area contributed by atoms with Gasteiger partial charge in [-0.25, -0.2) is 14.6 Å². The van der Waals surface area contributed by atoms with Crippen molar-refractivity contribution in [3.05, 3.63) is 60.6 Å². The van der Waals surface area contributed by atoms with E-state index in [0.29, 0.717) is 66.9 Å². The molecule has 1 aromatic carbocycles. The number of nitriles is 2. The molecule has 3 aromatic heterocycles. The zero-order chi connectivity index (χ0) is 32.9. The second kappa shape index (κ2) is 14.0. The molecule has 1 saturated heterocycles. The van der Waals surface area contributed by atoms with Crippen LogP contribution in [-0.4, -0.2) is 76.3 Å². The number of nitrogens with zero attached hydrogens (tertiary/aromatic N) is 11. The number of benzene rings is 1. The number of hydrogen-bond acceptors (Lipinski definition) is 13. The van der Waals surface area contributed by atoms with Crippen LogP contribution in [0.3, 0.4) is 0 Å². The van der Waals surface area contributed by atoms with Crippen molar-refractivity contribution in [1.82, 2.24) is 44.9 Å². The van der Waals surface area contributed by atoms with Gasteiger partial charge in [-0.05, 0) is 67.2 Å². The Balaban J connectivity index is 1.03. The minimum atomic E-state index is -0.279. The Labute approximate surface area is 277 Å². The fourth-order valence-electron chi connectivity index (χ4n) is 6.54. The zero-order valence-electron chi connectivity index (χ0n) is 26.6. The lowest BCUT2D eigenvalue weighted by molar-refractivity contribution is 0.106. The fourth-order valence-corrected chi connectivity index (χ4v) is 6.54. The highest BCUT2D eigenvalue weighted by Crippen LogP contribution is 2.39. The summed E-state index contributed by atoms with van der Waals surface area (Å²) in [5, 5.41) is 37.9. The maximum atomic E-state index is 9.65. The molecule has 0 unspecified atom stereocenters. The highest BCUT2D eigenvalue weighted by Gasteiger charge is 2.38. The van der Waals surface area contributed by atoms with Gasteiger partial charge < -0.3 is 24.4 Å². The van der Waals surface area contributed by atoms with Crippen LogP contribution in [0.2, 0.25) is 0 Å². The Kier molecular flexibility index (Phi) is 9.00. The number of hydrogen-bond donors (Lipinski definition) is 1. The minimum absolute atomic E-state index is 0.258. The molecule has 15 nitrogen and oxygen atoms in total. The lowest BCUT2D eigenvalue weighted by Crippen LogP contribution is -2.41. The molecule has 2 fully saturated rings. The summed E-state index contributed by atoms with van der Waals surface area (Å²) in [6, 6.07) is 11.0. The summed E-state index contributed by atoms with van der Waals surface area (Å²) < 4.78 is 21.4. The number of tetrazole rings is 1. The zero-order valence-corrected chi connectivity index (χ0v) is 26.6. The van der Waals surface area contributed by atoms with E-state index in [1.165, 1.54) is 6.33 Å². The van der Waals surface area contributed by atoms with Crippen molar-refractivity contribution in [2.75, 3.05) is 18.5 Å². The summed E-state index contributed by atoms with van der Waals surface area (Å²) in [5.41, 5.74) is 2.66. The molecule has 1 aliphatic carbocycles. The predicted octanol–water partition coefficient (Wildman–Crippen LogP) is 4.52. The van der Waals surface area contributed by atoms with Gasteiger partial charge in [-0.1, -0.05) is 6.07 Å². The highest BCUT2D eigenvalue weighted by molar-refractivity contribution is 5.67. The van der Waals surface area contributed by atoms with Crippen LogP contribution in [-0.2, 0) is 11.3 Å². The van der Waals surface area contributed by atoms with Gasteiger partial charge in [0.1, 0.15) is 42.3 Å². The molecule has 1 saturated carbocycles. The number of ether oxygens (including phenoxy) is 3. The number of fused-ring (bicyclic) bond motifs is 2. The van der Waals surface area contributed by atoms with Gasteiger partial charge in [-0.2, -0.15) is 10.5 Å². The van der Waals surface area contributed by atoms with Gasteiger partial charge in [-0.3, -0.25) is 4.68 Å². The van der Waals surface area contributed by atoms with Crippen molar-refractivity contribution < 1.29 is 14.2 Å². The first-order chi connectivity index (χ1) is 23.6. The first kappa shape index (κ1) is 30.9. The SMILES string of the molecule is C[C@@H](Cn1cnnn1)Oc1cc(-c2cnc(Nc3cn([C@H]4CC[C@H](N5C=C6C[C@@H]5CO6)CC4)nc3OCCCC#N)nc2)ccc1C#N. The molecule has 5 heterocycles. The maximum absolute atomic E-state index is 9.65. The summed E-state index contributed by atoms with van der Waals surface area (Å²) in [5.74, 6) is 2.43. The molecule has 2 bridgehead atoms. The third-order valence-corrected chi connectivity index (χ3v) is 8.94. The monoisotopic (exact) mass is 648 g/mol. The quantitative estimate of drug-likeness (QED) is 0.200. The van der Waals surface area contributed by atoms with Gasteiger partial charge in [-0.15, -0.1) is 10.2 Å². The number of unbranched alkanes of at least 4 members (excludes halogenated alkanes) is 1. The van der Waals surface area contributed by atoms with E-state index in [9.17, 15) is 5.26 Å². The fraction of sp³-hybridized carbons (Fsp3) is 0.455. The van der Waals surface area contributed by atoms with Gasteiger partial charge in [0, 0.05) is 43.0 Å². The van der Waals surface area contributed by atoms with Crippen LogP contribution in [0.1, 0.15) is 63.5 Å². The molecule has 2 aliphatic heterocycles. The lowest BCUT2D eigenvalue weighted by atomic mass is 9.90. The van der Waals surface area contributed by atoms with Gasteiger partial charge in [0.2, 0.25) is 5.95 Å². The number of anilines is 2. The highest BCUT2D eigenvalue weighted by atomic mass is 16.5. The van der Waals surface area contributed by atoms with E-state index in [1.807, 2.05) is 29.9 Å². The Morgan fingerprint density at radius 2 is 1.92 bits per heavy atom. The Morgan fingerprint density at radius 3 is 2.62 bits per heavy atom. The van der Waals surface area contributed by atoms with E-state index in [1.54, 1.807) is 23.1 Å². The molecular formula is C33H36N12O3. The second-order valence-corrected chi connectivity index (χ2v) is 12.3. The molecule has 246 valence electrons. The van der Waals surface area contributed by atoms with Crippen LogP contribution >= 0.6 is 0 Å². The van der Waals surface area contributed by atoms with Gasteiger partial charge in [0.15, 0.2) is 0 Å². The average Bonchev–Trinajstić information content (AvgIpc) is 3.94. The van der Waals surface area contributed by atoms with Gasteiger partial charge in [0.05, 0.1) is 43.1 Å². The Hall–Kier alpha value is -5.70. The number of aromatic nitrogens is 8. The molecule has 0 spiro atoms. The molecule has 1 N–H and O–H groups in total. The summed E-state index contributed by atoms with van der Waals surface area (Å²) in [6.45, 7) is 3.51. The molecule has 3 aliphatic rings. The van der Waals surface area contributed by atoms with Crippen LogP contribution in [0.15, 0.2) is 55.1 Å². The van der Waals surface area contributed by atoms with Crippen LogP contribution in [0, 0.1) is 22.7 Å². The lowest BCUT2D eigenvalue weighted by Gasteiger charge is -2.38. The summed E-state index contributed by atoms with van der Waals surface area (Å²) in [4.78, 5) is 11.7. The van der Waals surface area contributed by atoms with Crippen molar-refractivity contribution in [2.24, 2.45) is 0 Å². The summed E-state index contributed by atoms with van der Waals surface area (Å²) in [6.07, 6.45) is 15.1. The van der Waals surface area contributed by atoms with Crippen molar-refractivity contribution in [3.63, 3.8) is 0 Å². The molecule has 15 heteroatoms. The van der Waals surface area contributed by atoms with Gasteiger partial charge in [0.25, 0.3) is 5.88 Å². The molecule has 0 amide bonds. The third kappa shape index (κ3) is 6.85. The first-order valence-corrected chi connectivity index (χ1v) is 16.3. The molecule has 48 heavy (non-hydrogen) atoms. The predicted molar refractivity (Wildman–Crippen MR) is 172 cm³/mol. The van der Waals surface area contributed by atoms with E-state index in [-0.39, 0.29) is 12.1 Å². The van der Waals surface area contributed by atoms with Crippen LogP contribution in [0.5, 0.6) is 11.6 Å². The van der Waals surface area contributed by atoms with Crippen LogP contribution < -0.4 is 14.8 Å². The smallest absolute Gasteiger partial charge is 0.256 e. The summed E-state index contributed by atoms with van der Waals surface area (Å²) in [7, 11) is 0. The second-order valence-electron chi connectivity index (χ2n) is 12.3. The first-order valence-electron chi connectivity index (χ1n) is 16.3. The van der Waals surface area contributed by atoms with Crippen LogP contribution in [0.25, 0.3) is 11.1 Å². The molecule has 2 atom stereocenters. The largest absolute Gasteiger partial charge is 0.494 e. The topological polar surface area (TPSA) is 178 Å². The molecule has 7 rings (SSSR count). The van der Waals surface area contributed by atoms with Gasteiger partial charge >= 0.3 is 0 Å².